The van der Waals surface area contributed by atoms with Crippen molar-refractivity contribution in [3.05, 3.63) is 24.3 Å². The minimum absolute atomic E-state index is 0.0102. The minimum Gasteiger partial charge on any atom is -0.225 e. The highest BCUT2D eigenvalue weighted by Gasteiger charge is 2.23. The van der Waals surface area contributed by atoms with Crippen molar-refractivity contribution in [3.63, 3.8) is 0 Å². The van der Waals surface area contributed by atoms with Crippen molar-refractivity contribution in [1.82, 2.24) is 4.72 Å². The van der Waals surface area contributed by atoms with Gasteiger partial charge in [0.25, 0.3) is 0 Å². The van der Waals surface area contributed by atoms with Gasteiger partial charge >= 0.3 is 0 Å². The molecule has 0 bridgehead atoms. The van der Waals surface area contributed by atoms with Crippen LogP contribution in [0.4, 0.5) is 0 Å². The van der Waals surface area contributed by atoms with Crippen molar-refractivity contribution in [3.8, 4) is 0 Å². The Hall–Kier alpha value is -0.960. The molecule has 0 saturated heterocycles. The number of hydrogen-bond donors (Lipinski definition) is 2. The number of primary sulfonamides is 1. The predicted molar refractivity (Wildman–Crippen MR) is 81.6 cm³/mol. The van der Waals surface area contributed by atoms with Crippen molar-refractivity contribution in [1.29, 1.82) is 0 Å². The van der Waals surface area contributed by atoms with Gasteiger partial charge in [0.05, 0.1) is 9.79 Å². The van der Waals surface area contributed by atoms with Crippen molar-refractivity contribution < 1.29 is 16.8 Å². The van der Waals surface area contributed by atoms with Crippen LogP contribution in [-0.4, -0.2) is 23.4 Å². The quantitative estimate of drug-likeness (QED) is 0.846. The zero-order valence-electron chi connectivity index (χ0n) is 12.6. The van der Waals surface area contributed by atoms with Gasteiger partial charge in [-0.1, -0.05) is 27.7 Å². The first-order valence-corrected chi connectivity index (χ1v) is 9.49. The molecule has 3 N–H and O–H groups in total. The van der Waals surface area contributed by atoms with Crippen molar-refractivity contribution in [2.24, 2.45) is 16.5 Å². The van der Waals surface area contributed by atoms with E-state index in [1.165, 1.54) is 24.3 Å². The van der Waals surface area contributed by atoms with Gasteiger partial charge in [0.2, 0.25) is 20.0 Å². The molecular formula is C13H22N2O4S2. The lowest BCUT2D eigenvalue weighted by Crippen LogP contribution is -2.33. The number of nitrogens with two attached hydrogens (primary N) is 1. The van der Waals surface area contributed by atoms with E-state index in [1.807, 2.05) is 27.7 Å². The van der Waals surface area contributed by atoms with Crippen LogP contribution in [0.5, 0.6) is 0 Å². The van der Waals surface area contributed by atoms with Gasteiger partial charge in [-0.25, -0.2) is 26.7 Å². The fourth-order valence-electron chi connectivity index (χ4n) is 1.43. The van der Waals surface area contributed by atoms with Crippen LogP contribution in [0.15, 0.2) is 34.1 Å². The lowest BCUT2D eigenvalue weighted by molar-refractivity contribution is 0.263. The first-order valence-electron chi connectivity index (χ1n) is 6.46. The SMILES string of the molecule is CC(CNS(=O)(=O)c1ccc(S(N)(=O)=O)cc1)C(C)(C)C. The Morgan fingerprint density at radius 2 is 1.48 bits per heavy atom. The van der Waals surface area contributed by atoms with Gasteiger partial charge in [-0.2, -0.15) is 0 Å². The molecule has 1 unspecified atom stereocenters. The molecule has 0 spiro atoms. The lowest BCUT2D eigenvalue weighted by Gasteiger charge is -2.27. The summed E-state index contributed by atoms with van der Waals surface area (Å²) in [6, 6.07) is 4.81. The fourth-order valence-corrected chi connectivity index (χ4v) is 3.08. The van der Waals surface area contributed by atoms with E-state index in [1.54, 1.807) is 0 Å². The van der Waals surface area contributed by atoms with E-state index in [9.17, 15) is 16.8 Å². The average molecular weight is 334 g/mol. The molecule has 0 aromatic heterocycles. The van der Waals surface area contributed by atoms with Crippen molar-refractivity contribution in [2.45, 2.75) is 37.5 Å². The summed E-state index contributed by atoms with van der Waals surface area (Å²) in [5, 5.41) is 4.97. The second-order valence-corrected chi connectivity index (χ2v) is 9.46. The Bertz CT molecular complexity index is 687. The third kappa shape index (κ3) is 5.06. The first-order chi connectivity index (χ1) is 9.34. The second kappa shape index (κ2) is 6.04. The van der Waals surface area contributed by atoms with E-state index < -0.39 is 20.0 Å². The Balaban J connectivity index is 2.89. The minimum atomic E-state index is -3.83. The van der Waals surface area contributed by atoms with Gasteiger partial charge in [0.1, 0.15) is 0 Å². The predicted octanol–water partition coefficient (Wildman–Crippen LogP) is 1.29. The zero-order valence-corrected chi connectivity index (χ0v) is 14.3. The van der Waals surface area contributed by atoms with Crippen molar-refractivity contribution in [2.75, 3.05) is 6.54 Å². The van der Waals surface area contributed by atoms with E-state index in [-0.39, 0.29) is 21.1 Å². The summed E-state index contributed by atoms with van der Waals surface area (Å²) in [5.41, 5.74) is -0.0139. The number of benzene rings is 1. The Labute approximate surface area is 126 Å². The molecule has 21 heavy (non-hydrogen) atoms. The summed E-state index contributed by atoms with van der Waals surface area (Å²) in [5.74, 6) is 0.149. The number of rotatable bonds is 5. The van der Waals surface area contributed by atoms with Gasteiger partial charge in [0.15, 0.2) is 0 Å². The molecule has 0 fully saturated rings. The summed E-state index contributed by atoms with van der Waals surface area (Å²) in [4.78, 5) is -0.111. The van der Waals surface area contributed by atoms with Crippen LogP contribution in [0.25, 0.3) is 0 Å². The third-order valence-corrected chi connectivity index (χ3v) is 5.89. The van der Waals surface area contributed by atoms with E-state index >= 15 is 0 Å². The Morgan fingerprint density at radius 3 is 1.86 bits per heavy atom. The summed E-state index contributed by atoms with van der Waals surface area (Å²) in [7, 11) is -7.49. The van der Waals surface area contributed by atoms with Crippen LogP contribution in [0, 0.1) is 11.3 Å². The zero-order chi connectivity index (χ0) is 16.5. The summed E-state index contributed by atoms with van der Waals surface area (Å²) < 4.78 is 49.1. The molecule has 0 aliphatic rings. The van der Waals surface area contributed by atoms with E-state index in [0.717, 1.165) is 0 Å². The first kappa shape index (κ1) is 18.1. The number of hydrogen-bond acceptors (Lipinski definition) is 4. The van der Waals surface area contributed by atoms with E-state index in [0.29, 0.717) is 6.54 Å². The highest BCUT2D eigenvalue weighted by molar-refractivity contribution is 7.89. The van der Waals surface area contributed by atoms with Crippen LogP contribution in [0.3, 0.4) is 0 Å². The second-order valence-electron chi connectivity index (χ2n) is 6.14. The molecule has 0 radical (unpaired) electrons. The largest absolute Gasteiger partial charge is 0.240 e. The van der Waals surface area contributed by atoms with Crippen LogP contribution in [-0.2, 0) is 20.0 Å². The van der Waals surface area contributed by atoms with Gasteiger partial charge < -0.3 is 0 Å². The Morgan fingerprint density at radius 1 is 1.05 bits per heavy atom. The maximum Gasteiger partial charge on any atom is 0.240 e. The van der Waals surface area contributed by atoms with Crippen molar-refractivity contribution >= 4 is 20.0 Å². The Kier molecular flexibility index (Phi) is 5.20. The van der Waals surface area contributed by atoms with Gasteiger partial charge in [-0.05, 0) is 35.6 Å². The monoisotopic (exact) mass is 334 g/mol. The van der Waals surface area contributed by atoms with E-state index in [2.05, 4.69) is 4.72 Å². The maximum atomic E-state index is 12.1. The van der Waals surface area contributed by atoms with Gasteiger partial charge in [0, 0.05) is 6.54 Å². The van der Waals surface area contributed by atoms with Gasteiger partial charge in [-0.3, -0.25) is 0 Å². The highest BCUT2D eigenvalue weighted by atomic mass is 32.2. The van der Waals surface area contributed by atoms with Crippen LogP contribution in [0.1, 0.15) is 27.7 Å². The topological polar surface area (TPSA) is 106 Å². The standard InChI is InChI=1S/C13H22N2O4S2/c1-10(13(2,3)4)9-15-21(18,19)12-7-5-11(6-8-12)20(14,16)17/h5-8,10,15H,9H2,1-4H3,(H2,14,16,17). The molecule has 120 valence electrons. The molecule has 8 heteroatoms. The highest BCUT2D eigenvalue weighted by Crippen LogP contribution is 2.25. The average Bonchev–Trinajstić information content (AvgIpc) is 2.34. The van der Waals surface area contributed by atoms with Crippen LogP contribution in [0.2, 0.25) is 0 Å². The summed E-state index contributed by atoms with van der Waals surface area (Å²) in [6.07, 6.45) is 0. The molecule has 1 aromatic rings. The molecule has 6 nitrogen and oxygen atoms in total. The van der Waals surface area contributed by atoms with E-state index in [4.69, 9.17) is 5.14 Å². The smallest absolute Gasteiger partial charge is 0.225 e. The number of nitrogens with one attached hydrogen (secondary N) is 1. The molecule has 0 amide bonds. The molecule has 0 aliphatic carbocycles. The lowest BCUT2D eigenvalue weighted by atomic mass is 9.82. The molecule has 1 rings (SSSR count). The summed E-state index contributed by atoms with van der Waals surface area (Å²) >= 11 is 0. The third-order valence-electron chi connectivity index (χ3n) is 3.52. The molecule has 0 aliphatic heterocycles. The fraction of sp³-hybridized carbons (Fsp3) is 0.538. The number of sulfonamides is 2. The van der Waals surface area contributed by atoms with Crippen LogP contribution < -0.4 is 9.86 Å². The molecule has 1 aromatic carbocycles. The van der Waals surface area contributed by atoms with Gasteiger partial charge in [-0.15, -0.1) is 0 Å². The van der Waals surface area contributed by atoms with Crippen LogP contribution >= 0.6 is 0 Å². The molecule has 0 saturated carbocycles. The molecular weight excluding hydrogens is 312 g/mol. The molecule has 1 atom stereocenters. The summed E-state index contributed by atoms with van der Waals surface area (Å²) in [6.45, 7) is 8.38. The maximum absolute atomic E-state index is 12.1. The molecule has 0 heterocycles. The normalized spacial score (nSPS) is 14.9.